The van der Waals surface area contributed by atoms with Gasteiger partial charge in [-0.25, -0.2) is 19.9 Å². The number of nitrogens with zero attached hydrogens (tertiary/aromatic N) is 4. The molecule has 0 unspecified atom stereocenters. The summed E-state index contributed by atoms with van der Waals surface area (Å²) < 4.78 is 0. The Morgan fingerprint density at radius 2 is 0.785 bits per heavy atom. The molecule has 1 spiro atoms. The van der Waals surface area contributed by atoms with Crippen molar-refractivity contribution in [3.8, 4) is 67.7 Å². The lowest BCUT2D eigenvalue weighted by Crippen LogP contribution is -2.25. The lowest BCUT2D eigenvalue weighted by atomic mass is 9.70. The maximum Gasteiger partial charge on any atom is 0.164 e. The predicted molar refractivity (Wildman–Crippen MR) is 266 cm³/mol. The highest BCUT2D eigenvalue weighted by molar-refractivity contribution is 6.20. The van der Waals surface area contributed by atoms with Gasteiger partial charge in [-0.1, -0.05) is 194 Å². The van der Waals surface area contributed by atoms with E-state index in [0.29, 0.717) is 17.5 Å². The Balaban J connectivity index is 0.994. The molecule has 2 heterocycles. The Labute approximate surface area is 375 Å². The van der Waals surface area contributed by atoms with Crippen molar-refractivity contribution in [2.75, 3.05) is 0 Å². The Bertz CT molecular complexity index is 3840. The van der Waals surface area contributed by atoms with E-state index in [2.05, 4.69) is 218 Å². The third kappa shape index (κ3) is 5.19. The quantitative estimate of drug-likeness (QED) is 0.166. The van der Waals surface area contributed by atoms with Crippen LogP contribution in [0.1, 0.15) is 22.3 Å². The molecule has 65 heavy (non-hydrogen) atoms. The molecule has 2 aliphatic rings. The number of rotatable bonds is 4. The van der Waals surface area contributed by atoms with Gasteiger partial charge in [0.15, 0.2) is 17.5 Å². The SMILES string of the molecule is c1cc(-c2nc(-c3ccc4ccccc4c3)nc(-c3ccc4ccccc4c3)n2)cc(-c2nc3ccccc3c3c4c(ccc23)C2(c3ccccc3-c3ccccc32)c2ccccc2-4)c1. The summed E-state index contributed by atoms with van der Waals surface area (Å²) in [6.07, 6.45) is 0. The monoisotopic (exact) mass is 824 g/mol. The molecule has 0 saturated heterocycles. The average molecular weight is 825 g/mol. The highest BCUT2D eigenvalue weighted by Gasteiger charge is 2.52. The van der Waals surface area contributed by atoms with Crippen molar-refractivity contribution in [1.82, 2.24) is 19.9 Å². The van der Waals surface area contributed by atoms with Crippen LogP contribution >= 0.6 is 0 Å². The maximum atomic E-state index is 5.49. The number of hydrogen-bond donors (Lipinski definition) is 0. The molecule has 2 aliphatic carbocycles. The highest BCUT2D eigenvalue weighted by atomic mass is 15.0. The number of hydrogen-bond acceptors (Lipinski definition) is 4. The van der Waals surface area contributed by atoms with Gasteiger partial charge in [-0.3, -0.25) is 0 Å². The van der Waals surface area contributed by atoms with E-state index < -0.39 is 5.41 Å². The lowest BCUT2D eigenvalue weighted by molar-refractivity contribution is 0.794. The van der Waals surface area contributed by atoms with Gasteiger partial charge in [0, 0.05) is 38.4 Å². The standard InChI is InChI=1S/C61H36N4/c1-3-16-39-34-43(30-28-37(39)14-1)59-63-58(64-60(65-59)44-31-29-38-15-2-4-17-40(38)35-44)42-19-13-18-41(36-42)57-49-32-33-53-56(55(49)48-23-8-12-27-54(48)62-57)47-22-7-11-26-52(47)61(53)50-24-9-5-20-45(50)46-21-6-10-25-51(46)61/h1-36H. The normalized spacial score (nSPS) is 13.0. The summed E-state index contributed by atoms with van der Waals surface area (Å²) in [6.45, 7) is 0. The first-order valence-corrected chi connectivity index (χ1v) is 22.2. The molecular weight excluding hydrogens is 789 g/mol. The highest BCUT2D eigenvalue weighted by Crippen LogP contribution is 2.64. The largest absolute Gasteiger partial charge is 0.247 e. The molecule has 0 atom stereocenters. The number of aromatic nitrogens is 4. The molecule has 10 aromatic carbocycles. The van der Waals surface area contributed by atoms with Gasteiger partial charge in [0.25, 0.3) is 0 Å². The fraction of sp³-hybridized carbons (Fsp3) is 0.0164. The van der Waals surface area contributed by atoms with Crippen molar-refractivity contribution in [3.05, 3.63) is 241 Å². The number of benzene rings is 10. The van der Waals surface area contributed by atoms with Crippen LogP contribution in [0.2, 0.25) is 0 Å². The molecule has 0 amide bonds. The van der Waals surface area contributed by atoms with Crippen LogP contribution in [0.25, 0.3) is 111 Å². The minimum absolute atomic E-state index is 0.443. The molecule has 0 saturated carbocycles. The zero-order chi connectivity index (χ0) is 42.6. The van der Waals surface area contributed by atoms with E-state index in [1.807, 2.05) is 0 Å². The molecule has 0 radical (unpaired) electrons. The maximum absolute atomic E-state index is 5.49. The van der Waals surface area contributed by atoms with E-state index in [1.54, 1.807) is 0 Å². The van der Waals surface area contributed by atoms with Crippen LogP contribution in [0, 0.1) is 0 Å². The second kappa shape index (κ2) is 13.7. The molecule has 14 rings (SSSR count). The first kappa shape index (κ1) is 35.9. The average Bonchev–Trinajstić information content (AvgIpc) is 3.85. The summed E-state index contributed by atoms with van der Waals surface area (Å²) >= 11 is 0. The van der Waals surface area contributed by atoms with Gasteiger partial charge in [0.05, 0.1) is 16.6 Å². The molecule has 0 fully saturated rings. The minimum Gasteiger partial charge on any atom is -0.247 e. The second-order valence-electron chi connectivity index (χ2n) is 17.3. The molecule has 0 bridgehead atoms. The smallest absolute Gasteiger partial charge is 0.164 e. The summed E-state index contributed by atoms with van der Waals surface area (Å²) in [7, 11) is 0. The summed E-state index contributed by atoms with van der Waals surface area (Å²) in [5.74, 6) is 1.86. The minimum atomic E-state index is -0.443. The number of pyridine rings is 1. The molecule has 0 aliphatic heterocycles. The van der Waals surface area contributed by atoms with Crippen LogP contribution in [0.3, 0.4) is 0 Å². The number of para-hydroxylation sites is 1. The Hall–Kier alpha value is -8.60. The third-order valence-electron chi connectivity index (χ3n) is 13.9. The van der Waals surface area contributed by atoms with E-state index >= 15 is 0 Å². The van der Waals surface area contributed by atoms with Gasteiger partial charge in [-0.05, 0) is 90.3 Å². The first-order valence-electron chi connectivity index (χ1n) is 22.2. The van der Waals surface area contributed by atoms with Crippen LogP contribution in [0.15, 0.2) is 218 Å². The van der Waals surface area contributed by atoms with E-state index in [9.17, 15) is 0 Å². The molecule has 300 valence electrons. The van der Waals surface area contributed by atoms with Crippen LogP contribution in [0.5, 0.6) is 0 Å². The first-order chi connectivity index (χ1) is 32.2. The molecule has 2 aromatic heterocycles. The van der Waals surface area contributed by atoms with Crippen LogP contribution in [-0.2, 0) is 5.41 Å². The van der Waals surface area contributed by atoms with Gasteiger partial charge in [-0.15, -0.1) is 0 Å². The van der Waals surface area contributed by atoms with Crippen LogP contribution in [-0.4, -0.2) is 19.9 Å². The van der Waals surface area contributed by atoms with Crippen molar-refractivity contribution >= 4 is 43.2 Å². The molecule has 4 nitrogen and oxygen atoms in total. The van der Waals surface area contributed by atoms with Gasteiger partial charge in [-0.2, -0.15) is 0 Å². The van der Waals surface area contributed by atoms with E-state index in [1.165, 1.54) is 60.7 Å². The van der Waals surface area contributed by atoms with Gasteiger partial charge < -0.3 is 0 Å². The van der Waals surface area contributed by atoms with Gasteiger partial charge >= 0.3 is 0 Å². The summed E-state index contributed by atoms with van der Waals surface area (Å²) in [6, 6.07) is 78.6. The molecule has 12 aromatic rings. The Morgan fingerprint density at radius 1 is 0.292 bits per heavy atom. The van der Waals surface area contributed by atoms with E-state index in [0.717, 1.165) is 55.0 Å². The summed E-state index contributed by atoms with van der Waals surface area (Å²) in [4.78, 5) is 21.1. The van der Waals surface area contributed by atoms with Crippen LogP contribution in [0.4, 0.5) is 0 Å². The fourth-order valence-corrected chi connectivity index (χ4v) is 11.1. The fourth-order valence-electron chi connectivity index (χ4n) is 11.1. The summed E-state index contributed by atoms with van der Waals surface area (Å²) in [5.41, 5.74) is 15.6. The topological polar surface area (TPSA) is 51.6 Å². The number of fused-ring (bicyclic) bond motifs is 16. The van der Waals surface area contributed by atoms with E-state index in [-0.39, 0.29) is 0 Å². The summed E-state index contributed by atoms with van der Waals surface area (Å²) in [5, 5.41) is 8.08. The van der Waals surface area contributed by atoms with Gasteiger partial charge in [0.1, 0.15) is 0 Å². The van der Waals surface area contributed by atoms with E-state index in [4.69, 9.17) is 19.9 Å². The van der Waals surface area contributed by atoms with Gasteiger partial charge in [0.2, 0.25) is 0 Å². The Morgan fingerprint density at radius 3 is 1.42 bits per heavy atom. The predicted octanol–water partition coefficient (Wildman–Crippen LogP) is 14.9. The second-order valence-corrected chi connectivity index (χ2v) is 17.3. The zero-order valence-electron chi connectivity index (χ0n) is 35.1. The van der Waals surface area contributed by atoms with Crippen molar-refractivity contribution in [1.29, 1.82) is 0 Å². The lowest BCUT2D eigenvalue weighted by Gasteiger charge is -2.30. The van der Waals surface area contributed by atoms with Crippen molar-refractivity contribution < 1.29 is 0 Å². The third-order valence-corrected chi connectivity index (χ3v) is 13.9. The zero-order valence-corrected chi connectivity index (χ0v) is 35.1. The molecule has 0 N–H and O–H groups in total. The van der Waals surface area contributed by atoms with Crippen molar-refractivity contribution in [2.45, 2.75) is 5.41 Å². The van der Waals surface area contributed by atoms with Crippen molar-refractivity contribution in [3.63, 3.8) is 0 Å². The van der Waals surface area contributed by atoms with Crippen molar-refractivity contribution in [2.24, 2.45) is 0 Å². The molecule has 4 heteroatoms. The van der Waals surface area contributed by atoms with Crippen LogP contribution < -0.4 is 0 Å². The Kier molecular flexibility index (Phi) is 7.57. The molecular formula is C61H36N4.